The number of rotatable bonds is 8. The average molecular weight is 548 g/mol. The first-order valence-electron chi connectivity index (χ1n) is 10.7. The van der Waals surface area contributed by atoms with E-state index in [1.54, 1.807) is 19.1 Å². The van der Waals surface area contributed by atoms with Gasteiger partial charge in [-0.15, -0.1) is 0 Å². The molecule has 3 rings (SSSR count). The van der Waals surface area contributed by atoms with Crippen molar-refractivity contribution in [3.05, 3.63) is 63.7 Å². The van der Waals surface area contributed by atoms with Crippen molar-refractivity contribution in [1.29, 1.82) is 0 Å². The number of urea groups is 1. The van der Waals surface area contributed by atoms with E-state index in [-0.39, 0.29) is 15.7 Å². The Kier molecular flexibility index (Phi) is 8.91. The maximum atomic E-state index is 13.8. The number of methoxy groups -OCH3 is 3. The minimum atomic E-state index is -1.26. The number of amides is 4. The van der Waals surface area contributed by atoms with Crippen LogP contribution in [0.2, 0.25) is 0 Å². The highest BCUT2D eigenvalue weighted by Gasteiger charge is 2.24. The molecular formula is C24H23F2N5O6S. The van der Waals surface area contributed by atoms with Crippen molar-refractivity contribution in [1.82, 2.24) is 15.7 Å². The fourth-order valence-electron chi connectivity index (χ4n) is 3.17. The fourth-order valence-corrected chi connectivity index (χ4v) is 4.09. The van der Waals surface area contributed by atoms with Gasteiger partial charge < -0.3 is 14.2 Å². The number of anilines is 1. The molecule has 0 aliphatic rings. The van der Waals surface area contributed by atoms with Gasteiger partial charge in [0.05, 0.1) is 33.2 Å². The van der Waals surface area contributed by atoms with Crippen LogP contribution in [-0.2, 0) is 0 Å². The molecule has 0 aliphatic carbocycles. The van der Waals surface area contributed by atoms with Gasteiger partial charge in [-0.25, -0.2) is 24.0 Å². The number of benzene rings is 2. The van der Waals surface area contributed by atoms with Gasteiger partial charge in [-0.2, -0.15) is 5.10 Å². The summed E-state index contributed by atoms with van der Waals surface area (Å²) < 4.78 is 43.5. The van der Waals surface area contributed by atoms with Crippen molar-refractivity contribution in [3.8, 4) is 17.2 Å². The van der Waals surface area contributed by atoms with Crippen LogP contribution in [-0.4, -0.2) is 57.4 Å². The van der Waals surface area contributed by atoms with E-state index in [0.29, 0.717) is 22.8 Å². The third kappa shape index (κ3) is 6.03. The molecule has 0 aliphatic heterocycles. The largest absolute Gasteiger partial charge is 0.493 e. The second-order valence-electron chi connectivity index (χ2n) is 7.48. The molecule has 2 aromatic carbocycles. The van der Waals surface area contributed by atoms with Gasteiger partial charge >= 0.3 is 6.03 Å². The van der Waals surface area contributed by atoms with E-state index < -0.39 is 35.0 Å². The van der Waals surface area contributed by atoms with Crippen molar-refractivity contribution in [2.24, 2.45) is 5.10 Å². The quantitative estimate of drug-likeness (QED) is 0.326. The van der Waals surface area contributed by atoms with E-state index in [0.717, 1.165) is 34.4 Å². The zero-order valence-corrected chi connectivity index (χ0v) is 21.7. The molecule has 11 nitrogen and oxygen atoms in total. The Morgan fingerprint density at radius 1 is 1.03 bits per heavy atom. The Morgan fingerprint density at radius 2 is 1.63 bits per heavy atom. The highest BCUT2D eigenvalue weighted by atomic mass is 32.1. The number of hydrazone groups is 1. The number of nitrogens with zero attached hydrogens (tertiary/aromatic N) is 3. The molecule has 0 saturated carbocycles. The maximum absolute atomic E-state index is 13.8. The second kappa shape index (κ2) is 12.1. The number of aryl methyl sites for hydroxylation is 1. The molecule has 14 heteroatoms. The molecule has 1 heterocycles. The summed E-state index contributed by atoms with van der Waals surface area (Å²) in [4.78, 5) is 42.6. The van der Waals surface area contributed by atoms with Gasteiger partial charge in [0.1, 0.15) is 22.1 Å². The van der Waals surface area contributed by atoms with Crippen LogP contribution in [0.4, 0.5) is 18.7 Å². The first-order chi connectivity index (χ1) is 18.1. The van der Waals surface area contributed by atoms with Gasteiger partial charge in [0.15, 0.2) is 16.6 Å². The Balaban J connectivity index is 1.70. The van der Waals surface area contributed by atoms with Gasteiger partial charge in [-0.3, -0.25) is 19.8 Å². The fraction of sp³-hybridized carbons (Fsp3) is 0.208. The number of carbonyl (C=O) groups excluding carboxylic acids is 3. The number of thiazole rings is 1. The van der Waals surface area contributed by atoms with E-state index in [9.17, 15) is 23.2 Å². The molecule has 0 atom stereocenters. The molecular weight excluding hydrogens is 524 g/mol. The van der Waals surface area contributed by atoms with Gasteiger partial charge in [0.2, 0.25) is 5.75 Å². The predicted molar refractivity (Wildman–Crippen MR) is 136 cm³/mol. The van der Waals surface area contributed by atoms with Crippen molar-refractivity contribution in [2.75, 3.05) is 33.3 Å². The van der Waals surface area contributed by atoms with Crippen LogP contribution in [0, 0.1) is 18.6 Å². The topological polar surface area (TPSA) is 131 Å². The van der Waals surface area contributed by atoms with Crippen LogP contribution in [0.15, 0.2) is 35.4 Å². The summed E-state index contributed by atoms with van der Waals surface area (Å²) in [5.74, 6) is -2.89. The molecule has 4 amide bonds. The number of imide groups is 1. The summed E-state index contributed by atoms with van der Waals surface area (Å²) in [6.07, 6.45) is 1.37. The van der Waals surface area contributed by atoms with Crippen molar-refractivity contribution in [3.63, 3.8) is 0 Å². The highest BCUT2D eigenvalue weighted by molar-refractivity contribution is 7.17. The smallest absolute Gasteiger partial charge is 0.330 e. The summed E-state index contributed by atoms with van der Waals surface area (Å²) >= 11 is 0.849. The summed E-state index contributed by atoms with van der Waals surface area (Å²) in [5.41, 5.74) is 2.32. The molecule has 0 bridgehead atoms. The highest BCUT2D eigenvalue weighted by Crippen LogP contribution is 2.37. The molecule has 0 saturated heterocycles. The van der Waals surface area contributed by atoms with Gasteiger partial charge in [-0.1, -0.05) is 17.4 Å². The number of carbonyl (C=O) groups is 3. The van der Waals surface area contributed by atoms with E-state index in [2.05, 4.69) is 15.5 Å². The zero-order chi connectivity index (χ0) is 28.0. The summed E-state index contributed by atoms with van der Waals surface area (Å²) in [7, 11) is 5.69. The van der Waals surface area contributed by atoms with Crippen molar-refractivity contribution < 1.29 is 37.4 Å². The molecule has 2 N–H and O–H groups in total. The lowest BCUT2D eigenvalue weighted by Crippen LogP contribution is -2.41. The van der Waals surface area contributed by atoms with Crippen LogP contribution in [0.3, 0.4) is 0 Å². The van der Waals surface area contributed by atoms with Crippen LogP contribution in [0.25, 0.3) is 0 Å². The van der Waals surface area contributed by atoms with Crippen LogP contribution in [0.5, 0.6) is 17.2 Å². The molecule has 0 radical (unpaired) electrons. The number of ether oxygens (including phenoxy) is 3. The Morgan fingerprint density at radius 3 is 2.18 bits per heavy atom. The van der Waals surface area contributed by atoms with Gasteiger partial charge in [0, 0.05) is 12.6 Å². The van der Waals surface area contributed by atoms with E-state index >= 15 is 0 Å². The zero-order valence-electron chi connectivity index (χ0n) is 20.9. The maximum Gasteiger partial charge on any atom is 0.330 e. The monoisotopic (exact) mass is 547 g/mol. The normalized spacial score (nSPS) is 10.7. The average Bonchev–Trinajstić information content (AvgIpc) is 3.28. The SMILES string of the molecule is COc1cc(/C=N/NC(=O)c2sc(N(C)C(=O)NC(=O)c3c(F)cccc3F)nc2C)cc(OC)c1OC. The van der Waals surface area contributed by atoms with Gasteiger partial charge in [0.25, 0.3) is 11.8 Å². The third-order valence-electron chi connectivity index (χ3n) is 5.06. The Hall–Kier alpha value is -4.59. The first kappa shape index (κ1) is 28.0. The summed E-state index contributed by atoms with van der Waals surface area (Å²) in [6.45, 7) is 1.55. The lowest BCUT2D eigenvalue weighted by atomic mass is 10.2. The summed E-state index contributed by atoms with van der Waals surface area (Å²) in [5, 5.41) is 5.89. The predicted octanol–water partition coefficient (Wildman–Crippen LogP) is 3.51. The molecule has 38 heavy (non-hydrogen) atoms. The molecule has 200 valence electrons. The molecule has 0 spiro atoms. The lowest BCUT2D eigenvalue weighted by molar-refractivity contribution is 0.0948. The number of hydrogen-bond acceptors (Lipinski definition) is 9. The number of aromatic nitrogens is 1. The third-order valence-corrected chi connectivity index (χ3v) is 6.29. The minimum Gasteiger partial charge on any atom is -0.493 e. The Bertz CT molecular complexity index is 1370. The van der Waals surface area contributed by atoms with Crippen molar-refractivity contribution in [2.45, 2.75) is 6.92 Å². The standard InChI is InChI=1S/C24H23F2N5O6S/c1-12-20(22(33)30-27-11-13-9-16(35-3)19(37-5)17(10-13)36-4)38-24(28-12)31(2)23(34)29-21(32)18-14(25)7-6-8-15(18)26/h6-11H,1-5H3,(H,30,33)(H,29,32,34)/b27-11+. The molecule has 0 fully saturated rings. The van der Waals surface area contributed by atoms with Crippen LogP contribution < -0.4 is 29.9 Å². The van der Waals surface area contributed by atoms with E-state index in [4.69, 9.17) is 14.2 Å². The number of nitrogens with one attached hydrogen (secondary N) is 2. The Labute approximate surface area is 220 Å². The van der Waals surface area contributed by atoms with E-state index in [1.807, 2.05) is 5.32 Å². The number of halogens is 2. The molecule has 0 unspecified atom stereocenters. The molecule has 1 aromatic heterocycles. The van der Waals surface area contributed by atoms with Gasteiger partial charge in [-0.05, 0) is 31.2 Å². The number of hydrogen-bond donors (Lipinski definition) is 2. The van der Waals surface area contributed by atoms with E-state index in [1.165, 1.54) is 34.6 Å². The molecule has 3 aromatic rings. The van der Waals surface area contributed by atoms with Crippen LogP contribution in [0.1, 0.15) is 31.3 Å². The van der Waals surface area contributed by atoms with Crippen molar-refractivity contribution >= 4 is 40.5 Å². The first-order valence-corrected chi connectivity index (χ1v) is 11.6. The minimum absolute atomic E-state index is 0.0561. The lowest BCUT2D eigenvalue weighted by Gasteiger charge is -2.14. The second-order valence-corrected chi connectivity index (χ2v) is 8.46. The van der Waals surface area contributed by atoms with Crippen LogP contribution >= 0.6 is 11.3 Å². The summed E-state index contributed by atoms with van der Waals surface area (Å²) in [6, 6.07) is 5.15.